The minimum atomic E-state index is -0.0211. The molecule has 0 unspecified atom stereocenters. The molecule has 0 aromatic heterocycles. The Hall–Kier alpha value is -0.610. The van der Waals surface area contributed by atoms with Crippen LogP contribution in [-0.2, 0) is 14.3 Å². The number of rotatable bonds is 29. The van der Waals surface area contributed by atoms with Crippen LogP contribution in [0.15, 0.2) is 0 Å². The first-order valence-electron chi connectivity index (χ1n) is 19.3. The van der Waals surface area contributed by atoms with Gasteiger partial charge in [0, 0.05) is 30.7 Å². The van der Waals surface area contributed by atoms with Crippen LogP contribution in [0, 0.1) is 0 Å². The van der Waals surface area contributed by atoms with Crippen LogP contribution in [-0.4, -0.2) is 47.8 Å². The zero-order valence-electron chi connectivity index (χ0n) is 30.3. The van der Waals surface area contributed by atoms with E-state index in [2.05, 4.69) is 46.4 Å². The van der Waals surface area contributed by atoms with Crippen LogP contribution < -0.4 is 0 Å². The van der Waals surface area contributed by atoms with Gasteiger partial charge in [-0.3, -0.25) is 9.69 Å². The van der Waals surface area contributed by atoms with E-state index >= 15 is 0 Å². The molecule has 0 bridgehead atoms. The van der Waals surface area contributed by atoms with E-state index in [0.717, 1.165) is 38.8 Å². The number of unbranched alkanes of at least 4 members (excludes halogenated alkanes) is 21. The second-order valence-corrected chi connectivity index (χ2v) is 15.1. The van der Waals surface area contributed by atoms with Crippen molar-refractivity contribution in [2.24, 2.45) is 0 Å². The van der Waals surface area contributed by atoms with Crippen molar-refractivity contribution >= 4 is 5.97 Å². The number of carbonyl (C=O) groups is 1. The lowest BCUT2D eigenvalue weighted by molar-refractivity contribution is -0.148. The Kier molecular flexibility index (Phi) is 24.0. The normalized spacial score (nSPS) is 17.0. The summed E-state index contributed by atoms with van der Waals surface area (Å²) in [6.45, 7) is 16.1. The number of piperidine rings is 1. The molecule has 256 valence electrons. The number of nitrogens with zero attached hydrogens (tertiary/aromatic N) is 1. The summed E-state index contributed by atoms with van der Waals surface area (Å²) in [7, 11) is 0. The lowest BCUT2D eigenvalue weighted by Crippen LogP contribution is -2.62. The lowest BCUT2D eigenvalue weighted by Gasteiger charge is -2.55. The van der Waals surface area contributed by atoms with Gasteiger partial charge in [-0.15, -0.1) is 0 Å². The van der Waals surface area contributed by atoms with E-state index in [-0.39, 0.29) is 17.0 Å². The molecule has 0 radical (unpaired) electrons. The molecule has 1 saturated heterocycles. The highest BCUT2D eigenvalue weighted by Gasteiger charge is 2.45. The SMILES string of the molecule is CCCCCCCCCCCCCCOC1CC(C)(C)N(CCOC(=O)CCCCCCCCCCCCC)C(C)(C)C1. The molecular weight excluding hydrogens is 530 g/mol. The fourth-order valence-corrected chi connectivity index (χ4v) is 7.40. The average Bonchev–Trinajstić information content (AvgIpc) is 2.95. The second kappa shape index (κ2) is 25.6. The van der Waals surface area contributed by atoms with E-state index in [1.807, 2.05) is 0 Å². The molecule has 0 saturated carbocycles. The predicted molar refractivity (Wildman–Crippen MR) is 187 cm³/mol. The molecular formula is C39H77NO3. The second-order valence-electron chi connectivity index (χ2n) is 15.1. The van der Waals surface area contributed by atoms with Gasteiger partial charge in [-0.2, -0.15) is 0 Å². The van der Waals surface area contributed by atoms with Crippen LogP contribution in [0.3, 0.4) is 0 Å². The Bertz CT molecular complexity index is 628. The highest BCUT2D eigenvalue weighted by Crippen LogP contribution is 2.39. The van der Waals surface area contributed by atoms with Gasteiger partial charge in [0.2, 0.25) is 0 Å². The van der Waals surface area contributed by atoms with Gasteiger partial charge in [0.05, 0.1) is 6.10 Å². The molecule has 0 spiro atoms. The molecule has 4 nitrogen and oxygen atoms in total. The third-order valence-electron chi connectivity index (χ3n) is 9.83. The Labute approximate surface area is 270 Å². The fraction of sp³-hybridized carbons (Fsp3) is 0.974. The van der Waals surface area contributed by atoms with Gasteiger partial charge < -0.3 is 9.47 Å². The first kappa shape index (κ1) is 40.4. The quantitative estimate of drug-likeness (QED) is 0.0626. The largest absolute Gasteiger partial charge is 0.464 e. The van der Waals surface area contributed by atoms with Crippen molar-refractivity contribution < 1.29 is 14.3 Å². The fourth-order valence-electron chi connectivity index (χ4n) is 7.40. The summed E-state index contributed by atoms with van der Waals surface area (Å²) in [5.41, 5.74) is 0.0662. The van der Waals surface area contributed by atoms with Gasteiger partial charge in [0.1, 0.15) is 6.61 Å². The molecule has 0 N–H and O–H groups in total. The summed E-state index contributed by atoms with van der Waals surface area (Å²) >= 11 is 0. The molecule has 0 aliphatic carbocycles. The maximum Gasteiger partial charge on any atom is 0.305 e. The topological polar surface area (TPSA) is 38.8 Å². The van der Waals surface area contributed by atoms with Crippen LogP contribution in [0.5, 0.6) is 0 Å². The predicted octanol–water partition coefficient (Wildman–Crippen LogP) is 12.0. The van der Waals surface area contributed by atoms with Crippen molar-refractivity contribution in [3.05, 3.63) is 0 Å². The molecule has 1 heterocycles. The molecule has 0 amide bonds. The summed E-state index contributed by atoms with van der Waals surface area (Å²) in [6, 6.07) is 0. The monoisotopic (exact) mass is 608 g/mol. The Morgan fingerprint density at radius 1 is 0.558 bits per heavy atom. The van der Waals surface area contributed by atoms with E-state index < -0.39 is 0 Å². The standard InChI is InChI=1S/C39H77NO3/c1-7-9-11-13-15-17-19-21-23-25-27-29-32-42-36-34-38(3,4)40(39(5,6)35-36)31-33-43-37(41)30-28-26-24-22-20-18-16-14-12-10-8-2/h36H,7-35H2,1-6H3. The number of likely N-dealkylation sites (tertiary alicyclic amines) is 1. The smallest absolute Gasteiger partial charge is 0.305 e. The summed E-state index contributed by atoms with van der Waals surface area (Å²) in [5.74, 6) is -0.0211. The Morgan fingerprint density at radius 2 is 0.930 bits per heavy atom. The number of ether oxygens (including phenoxy) is 2. The highest BCUT2D eigenvalue weighted by molar-refractivity contribution is 5.69. The minimum Gasteiger partial charge on any atom is -0.464 e. The molecule has 0 atom stereocenters. The zero-order valence-corrected chi connectivity index (χ0v) is 30.3. The number of hydrogen-bond donors (Lipinski definition) is 0. The summed E-state index contributed by atoms with van der Waals surface area (Å²) < 4.78 is 12.1. The van der Waals surface area contributed by atoms with Crippen LogP contribution in [0.25, 0.3) is 0 Å². The molecule has 1 aliphatic rings. The molecule has 0 aromatic carbocycles. The molecule has 43 heavy (non-hydrogen) atoms. The van der Waals surface area contributed by atoms with Crippen molar-refractivity contribution in [2.75, 3.05) is 19.8 Å². The van der Waals surface area contributed by atoms with E-state index in [0.29, 0.717) is 19.1 Å². The molecule has 1 aliphatic heterocycles. The number of esters is 1. The van der Waals surface area contributed by atoms with Crippen LogP contribution >= 0.6 is 0 Å². The molecule has 1 rings (SSSR count). The average molecular weight is 608 g/mol. The molecule has 1 fully saturated rings. The minimum absolute atomic E-state index is 0.0211. The van der Waals surface area contributed by atoms with Crippen LogP contribution in [0.2, 0.25) is 0 Å². The van der Waals surface area contributed by atoms with Gasteiger partial charge in [0.15, 0.2) is 0 Å². The lowest BCUT2D eigenvalue weighted by atomic mass is 9.78. The van der Waals surface area contributed by atoms with Crippen molar-refractivity contribution in [3.63, 3.8) is 0 Å². The van der Waals surface area contributed by atoms with Crippen molar-refractivity contribution in [1.82, 2.24) is 4.90 Å². The maximum atomic E-state index is 12.4. The van der Waals surface area contributed by atoms with Gasteiger partial charge >= 0.3 is 5.97 Å². The van der Waals surface area contributed by atoms with Gasteiger partial charge in [-0.05, 0) is 53.4 Å². The van der Waals surface area contributed by atoms with Crippen LogP contribution in [0.1, 0.15) is 208 Å². The number of carbonyl (C=O) groups excluding carboxylic acids is 1. The van der Waals surface area contributed by atoms with E-state index in [4.69, 9.17) is 9.47 Å². The van der Waals surface area contributed by atoms with Gasteiger partial charge in [0.25, 0.3) is 0 Å². The third kappa shape index (κ3) is 20.9. The summed E-state index contributed by atoms with van der Waals surface area (Å²) in [6.07, 6.45) is 33.8. The van der Waals surface area contributed by atoms with Gasteiger partial charge in [-0.1, -0.05) is 149 Å². The van der Waals surface area contributed by atoms with Gasteiger partial charge in [-0.25, -0.2) is 0 Å². The molecule has 4 heteroatoms. The zero-order chi connectivity index (χ0) is 31.7. The van der Waals surface area contributed by atoms with E-state index in [9.17, 15) is 4.79 Å². The molecule has 0 aromatic rings. The highest BCUT2D eigenvalue weighted by atomic mass is 16.5. The van der Waals surface area contributed by atoms with E-state index in [1.54, 1.807) is 0 Å². The van der Waals surface area contributed by atoms with Crippen molar-refractivity contribution in [1.29, 1.82) is 0 Å². The van der Waals surface area contributed by atoms with E-state index in [1.165, 1.54) is 135 Å². The first-order chi connectivity index (χ1) is 20.7. The summed E-state index contributed by atoms with van der Waals surface area (Å²) in [5, 5.41) is 0. The Balaban J connectivity index is 2.10. The van der Waals surface area contributed by atoms with Crippen LogP contribution in [0.4, 0.5) is 0 Å². The van der Waals surface area contributed by atoms with Crippen molar-refractivity contribution in [3.8, 4) is 0 Å². The Morgan fingerprint density at radius 3 is 1.35 bits per heavy atom. The first-order valence-corrected chi connectivity index (χ1v) is 19.3. The maximum absolute atomic E-state index is 12.4. The third-order valence-corrected chi connectivity index (χ3v) is 9.83. The number of hydrogen-bond acceptors (Lipinski definition) is 4. The van der Waals surface area contributed by atoms with Crippen molar-refractivity contribution in [2.45, 2.75) is 226 Å². The summed E-state index contributed by atoms with van der Waals surface area (Å²) in [4.78, 5) is 14.9.